The molecule has 8 heteroatoms. The van der Waals surface area contributed by atoms with E-state index in [4.69, 9.17) is 20.8 Å². The van der Waals surface area contributed by atoms with E-state index in [9.17, 15) is 13.6 Å². The number of carbonyl (C=O) groups excluding carboxylic acids is 1. The van der Waals surface area contributed by atoms with Gasteiger partial charge in [-0.15, -0.1) is 0 Å². The monoisotopic (exact) mass is 407 g/mol. The van der Waals surface area contributed by atoms with Gasteiger partial charge in [0, 0.05) is 5.02 Å². The third kappa shape index (κ3) is 5.01. The van der Waals surface area contributed by atoms with E-state index in [1.807, 2.05) is 6.92 Å². The molecule has 0 aliphatic carbocycles. The molecule has 0 fully saturated rings. The minimum absolute atomic E-state index is 0.0118. The molecule has 146 valence electrons. The molecule has 0 aliphatic heterocycles. The number of rotatable bonds is 7. The van der Waals surface area contributed by atoms with Gasteiger partial charge in [0.1, 0.15) is 23.9 Å². The van der Waals surface area contributed by atoms with Crippen LogP contribution < -0.4 is 14.8 Å². The van der Waals surface area contributed by atoms with Crippen LogP contribution in [0.25, 0.3) is 0 Å². The third-order valence-electron chi connectivity index (χ3n) is 3.75. The zero-order chi connectivity index (χ0) is 20.1. The Balaban J connectivity index is 1.63. The van der Waals surface area contributed by atoms with Gasteiger partial charge in [-0.25, -0.2) is 0 Å². The van der Waals surface area contributed by atoms with Crippen LogP contribution in [-0.2, 0) is 6.61 Å². The first-order valence-electron chi connectivity index (χ1n) is 8.25. The van der Waals surface area contributed by atoms with Crippen LogP contribution in [0.3, 0.4) is 0 Å². The summed E-state index contributed by atoms with van der Waals surface area (Å²) in [5.41, 5.74) is 0.988. The van der Waals surface area contributed by atoms with Gasteiger partial charge in [0.05, 0.1) is 5.69 Å². The van der Waals surface area contributed by atoms with Crippen molar-refractivity contribution in [1.29, 1.82) is 0 Å². The number of benzene rings is 2. The molecule has 3 rings (SSSR count). The summed E-state index contributed by atoms with van der Waals surface area (Å²) in [7, 11) is 0. The van der Waals surface area contributed by atoms with E-state index < -0.39 is 12.5 Å². The van der Waals surface area contributed by atoms with Crippen molar-refractivity contribution in [2.75, 3.05) is 5.32 Å². The van der Waals surface area contributed by atoms with Gasteiger partial charge in [0.15, 0.2) is 5.76 Å². The standard InChI is InChI=1S/C20H16ClF2NO4/c1-12-10-13(6-8-15(12)21)26-11-14-7-9-18(27-14)19(25)24-16-4-2-3-5-17(16)28-20(22)23/h2-10,20H,11H2,1H3,(H,24,25). The van der Waals surface area contributed by atoms with Crippen LogP contribution in [0.2, 0.25) is 5.02 Å². The van der Waals surface area contributed by atoms with E-state index in [-0.39, 0.29) is 23.8 Å². The highest BCUT2D eigenvalue weighted by Gasteiger charge is 2.16. The fourth-order valence-corrected chi connectivity index (χ4v) is 2.51. The molecule has 0 spiro atoms. The second-order valence-electron chi connectivity index (χ2n) is 5.79. The van der Waals surface area contributed by atoms with Crippen molar-refractivity contribution < 1.29 is 27.5 Å². The molecule has 0 bridgehead atoms. The van der Waals surface area contributed by atoms with Crippen molar-refractivity contribution in [3.8, 4) is 11.5 Å². The fourth-order valence-electron chi connectivity index (χ4n) is 2.39. The predicted octanol–water partition coefficient (Wildman–Crippen LogP) is 5.67. The highest BCUT2D eigenvalue weighted by molar-refractivity contribution is 6.31. The maximum atomic E-state index is 12.5. The second kappa shape index (κ2) is 8.75. The normalized spacial score (nSPS) is 10.8. The smallest absolute Gasteiger partial charge is 0.387 e. The molecular weight excluding hydrogens is 392 g/mol. The van der Waals surface area contributed by atoms with Gasteiger partial charge in [0.25, 0.3) is 5.91 Å². The molecular formula is C20H16ClF2NO4. The van der Waals surface area contributed by atoms with E-state index >= 15 is 0 Å². The van der Waals surface area contributed by atoms with Crippen LogP contribution in [-0.4, -0.2) is 12.5 Å². The number of ether oxygens (including phenoxy) is 2. The second-order valence-corrected chi connectivity index (χ2v) is 6.20. The number of aryl methyl sites for hydroxylation is 1. The van der Waals surface area contributed by atoms with Gasteiger partial charge in [0.2, 0.25) is 0 Å². The summed E-state index contributed by atoms with van der Waals surface area (Å²) in [5.74, 6) is 0.313. The average Bonchev–Trinajstić information content (AvgIpc) is 3.13. The molecule has 1 heterocycles. The Morgan fingerprint density at radius 1 is 1.18 bits per heavy atom. The minimum atomic E-state index is -3.00. The van der Waals surface area contributed by atoms with Gasteiger partial charge in [-0.2, -0.15) is 8.78 Å². The van der Waals surface area contributed by atoms with Gasteiger partial charge >= 0.3 is 6.61 Å². The third-order valence-corrected chi connectivity index (χ3v) is 4.17. The first kappa shape index (κ1) is 19.7. The summed E-state index contributed by atoms with van der Waals surface area (Å²) < 4.78 is 40.4. The Kier molecular flexibility index (Phi) is 6.16. The molecule has 28 heavy (non-hydrogen) atoms. The Bertz CT molecular complexity index is 974. The van der Waals surface area contributed by atoms with Crippen LogP contribution in [0.4, 0.5) is 14.5 Å². The Morgan fingerprint density at radius 3 is 2.71 bits per heavy atom. The number of amides is 1. The maximum Gasteiger partial charge on any atom is 0.387 e. The number of nitrogens with one attached hydrogen (secondary N) is 1. The van der Waals surface area contributed by atoms with Crippen molar-refractivity contribution in [3.63, 3.8) is 0 Å². The zero-order valence-corrected chi connectivity index (χ0v) is 15.5. The molecule has 1 aromatic heterocycles. The SMILES string of the molecule is Cc1cc(OCc2ccc(C(=O)Nc3ccccc3OC(F)F)o2)ccc1Cl. The first-order chi connectivity index (χ1) is 13.4. The van der Waals surface area contributed by atoms with Gasteiger partial charge in [-0.3, -0.25) is 4.79 Å². The zero-order valence-electron chi connectivity index (χ0n) is 14.7. The molecule has 0 unspecified atom stereocenters. The Morgan fingerprint density at radius 2 is 1.96 bits per heavy atom. The Labute approximate surface area is 164 Å². The summed E-state index contributed by atoms with van der Waals surface area (Å²) in [6.45, 7) is -1.03. The number of carbonyl (C=O) groups is 1. The van der Waals surface area contributed by atoms with Crippen molar-refractivity contribution in [3.05, 3.63) is 76.7 Å². The summed E-state index contributed by atoms with van der Waals surface area (Å²) in [5, 5.41) is 3.13. The van der Waals surface area contributed by atoms with Crippen LogP contribution in [0.1, 0.15) is 21.9 Å². The number of hydrogen-bond acceptors (Lipinski definition) is 4. The summed E-state index contributed by atoms with van der Waals surface area (Å²) in [6.07, 6.45) is 0. The van der Waals surface area contributed by atoms with E-state index in [2.05, 4.69) is 10.1 Å². The number of para-hydroxylation sites is 2. The lowest BCUT2D eigenvalue weighted by molar-refractivity contribution is -0.0493. The van der Waals surface area contributed by atoms with E-state index in [1.54, 1.807) is 30.3 Å². The van der Waals surface area contributed by atoms with Crippen molar-refractivity contribution >= 4 is 23.2 Å². The van der Waals surface area contributed by atoms with Crippen molar-refractivity contribution in [2.24, 2.45) is 0 Å². The molecule has 0 saturated carbocycles. The molecule has 0 saturated heterocycles. The van der Waals surface area contributed by atoms with Crippen LogP contribution in [0.15, 0.2) is 59.0 Å². The minimum Gasteiger partial charge on any atom is -0.486 e. The number of alkyl halides is 2. The largest absolute Gasteiger partial charge is 0.486 e. The van der Waals surface area contributed by atoms with Crippen LogP contribution in [0, 0.1) is 6.92 Å². The highest BCUT2D eigenvalue weighted by atomic mass is 35.5. The summed E-state index contributed by atoms with van der Waals surface area (Å²) in [4.78, 5) is 12.3. The summed E-state index contributed by atoms with van der Waals surface area (Å²) >= 11 is 5.97. The number of anilines is 1. The maximum absolute atomic E-state index is 12.5. The molecule has 0 radical (unpaired) electrons. The summed E-state index contributed by atoms with van der Waals surface area (Å²) in [6, 6.07) is 14.2. The molecule has 0 atom stereocenters. The molecule has 3 aromatic rings. The lowest BCUT2D eigenvalue weighted by Crippen LogP contribution is -2.13. The van der Waals surface area contributed by atoms with Crippen LogP contribution in [0.5, 0.6) is 11.5 Å². The Hall–Kier alpha value is -3.06. The number of hydrogen-bond donors (Lipinski definition) is 1. The average molecular weight is 408 g/mol. The lowest BCUT2D eigenvalue weighted by Gasteiger charge is -2.10. The molecule has 1 amide bonds. The number of halogens is 3. The van der Waals surface area contributed by atoms with E-state index in [1.165, 1.54) is 24.3 Å². The van der Waals surface area contributed by atoms with Gasteiger partial charge < -0.3 is 19.2 Å². The van der Waals surface area contributed by atoms with Crippen molar-refractivity contribution in [2.45, 2.75) is 20.1 Å². The van der Waals surface area contributed by atoms with Gasteiger partial charge in [-0.1, -0.05) is 23.7 Å². The molecule has 0 aliphatic rings. The fraction of sp³-hybridized carbons (Fsp3) is 0.150. The molecule has 1 N–H and O–H groups in total. The quantitative estimate of drug-likeness (QED) is 0.547. The topological polar surface area (TPSA) is 60.7 Å². The van der Waals surface area contributed by atoms with E-state index in [0.717, 1.165) is 5.56 Å². The van der Waals surface area contributed by atoms with Gasteiger partial charge in [-0.05, 0) is 55.0 Å². The first-order valence-corrected chi connectivity index (χ1v) is 8.63. The highest BCUT2D eigenvalue weighted by Crippen LogP contribution is 2.26. The predicted molar refractivity (Wildman–Crippen MR) is 100 cm³/mol. The molecule has 2 aromatic carbocycles. The number of furan rings is 1. The lowest BCUT2D eigenvalue weighted by atomic mass is 10.2. The van der Waals surface area contributed by atoms with Crippen LogP contribution >= 0.6 is 11.6 Å². The molecule has 5 nitrogen and oxygen atoms in total. The van der Waals surface area contributed by atoms with Crippen molar-refractivity contribution in [1.82, 2.24) is 0 Å². The van der Waals surface area contributed by atoms with E-state index in [0.29, 0.717) is 16.5 Å².